The monoisotopic (exact) mass is 369 g/mol. The van der Waals surface area contributed by atoms with Gasteiger partial charge in [0.25, 0.3) is 5.91 Å². The summed E-state index contributed by atoms with van der Waals surface area (Å²) in [5.41, 5.74) is 4.93. The number of rotatable bonds is 3. The minimum absolute atomic E-state index is 0.0558. The van der Waals surface area contributed by atoms with Gasteiger partial charge in [-0.2, -0.15) is 0 Å². The van der Waals surface area contributed by atoms with E-state index in [1.165, 1.54) is 11.1 Å². The molecule has 27 heavy (non-hydrogen) atoms. The number of fused-ring (bicyclic) bond motifs is 1. The van der Waals surface area contributed by atoms with Crippen LogP contribution in [0, 0.1) is 6.92 Å². The van der Waals surface area contributed by atoms with E-state index in [2.05, 4.69) is 40.3 Å². The molecule has 0 radical (unpaired) electrons. The molecule has 0 aliphatic carbocycles. The van der Waals surface area contributed by atoms with Crippen LogP contribution in [0.1, 0.15) is 41.2 Å². The fourth-order valence-electron chi connectivity index (χ4n) is 4.04. The van der Waals surface area contributed by atoms with Crippen molar-refractivity contribution in [2.24, 2.45) is 0 Å². The average Bonchev–Trinajstić information content (AvgIpc) is 3.08. The molecule has 1 atom stereocenters. The number of ether oxygens (including phenoxy) is 1. The predicted molar refractivity (Wildman–Crippen MR) is 102 cm³/mol. The zero-order valence-electron chi connectivity index (χ0n) is 16.3. The van der Waals surface area contributed by atoms with Crippen molar-refractivity contribution in [2.45, 2.75) is 39.8 Å². The van der Waals surface area contributed by atoms with E-state index >= 15 is 0 Å². The molecule has 2 aliphatic rings. The van der Waals surface area contributed by atoms with Gasteiger partial charge in [-0.25, -0.2) is 4.68 Å². The van der Waals surface area contributed by atoms with E-state index in [-0.39, 0.29) is 11.9 Å². The number of amides is 1. The summed E-state index contributed by atoms with van der Waals surface area (Å²) in [4.78, 5) is 17.3. The molecule has 1 fully saturated rings. The van der Waals surface area contributed by atoms with Crippen LogP contribution in [0.5, 0.6) is 0 Å². The molecule has 7 heteroatoms. The number of morpholine rings is 1. The van der Waals surface area contributed by atoms with E-state index in [0.717, 1.165) is 37.4 Å². The van der Waals surface area contributed by atoms with Crippen LogP contribution in [0.2, 0.25) is 0 Å². The van der Waals surface area contributed by atoms with Gasteiger partial charge in [0.05, 0.1) is 30.6 Å². The van der Waals surface area contributed by atoms with Crippen molar-refractivity contribution in [3.63, 3.8) is 0 Å². The number of nitrogens with zero attached hydrogens (tertiary/aromatic N) is 5. The molecule has 144 valence electrons. The Morgan fingerprint density at radius 2 is 2.19 bits per heavy atom. The quantitative estimate of drug-likeness (QED) is 0.826. The Labute approximate surface area is 159 Å². The van der Waals surface area contributed by atoms with Crippen LogP contribution < -0.4 is 0 Å². The Balaban J connectivity index is 1.66. The topological polar surface area (TPSA) is 63.5 Å². The van der Waals surface area contributed by atoms with Gasteiger partial charge in [0.1, 0.15) is 0 Å². The number of aromatic nitrogens is 3. The fraction of sp³-hybridized carbons (Fsp3) is 0.550. The third-order valence-corrected chi connectivity index (χ3v) is 5.72. The molecule has 7 nitrogen and oxygen atoms in total. The molecule has 1 amide bonds. The SMILES string of the molecule is CCN1CCc2c(cccc2-n2nnc(C(=O)N3CCOC[C@@H]3C)c2C)C1. The van der Waals surface area contributed by atoms with Gasteiger partial charge in [-0.3, -0.25) is 9.69 Å². The van der Waals surface area contributed by atoms with Crippen molar-refractivity contribution in [1.29, 1.82) is 0 Å². The summed E-state index contributed by atoms with van der Waals surface area (Å²) in [6.45, 7) is 10.9. The number of likely N-dealkylation sites (N-methyl/N-ethyl adjacent to an activating group) is 1. The third kappa shape index (κ3) is 3.26. The molecule has 2 aliphatic heterocycles. The zero-order chi connectivity index (χ0) is 19.0. The van der Waals surface area contributed by atoms with Gasteiger partial charge < -0.3 is 9.64 Å². The first-order chi connectivity index (χ1) is 13.1. The van der Waals surface area contributed by atoms with Crippen LogP contribution in [0.4, 0.5) is 0 Å². The second-order valence-corrected chi connectivity index (χ2v) is 7.39. The van der Waals surface area contributed by atoms with Crippen molar-refractivity contribution in [1.82, 2.24) is 24.8 Å². The maximum absolute atomic E-state index is 13.0. The number of hydrogen-bond acceptors (Lipinski definition) is 5. The van der Waals surface area contributed by atoms with E-state index < -0.39 is 0 Å². The molecule has 0 saturated carbocycles. The normalized spacial score (nSPS) is 20.6. The van der Waals surface area contributed by atoms with Crippen molar-refractivity contribution >= 4 is 5.91 Å². The molecule has 1 aromatic heterocycles. The molecule has 0 bridgehead atoms. The maximum Gasteiger partial charge on any atom is 0.276 e. The number of hydrogen-bond donors (Lipinski definition) is 0. The highest BCUT2D eigenvalue weighted by Crippen LogP contribution is 2.26. The van der Waals surface area contributed by atoms with Crippen molar-refractivity contribution < 1.29 is 9.53 Å². The van der Waals surface area contributed by atoms with Crippen LogP contribution in [0.25, 0.3) is 5.69 Å². The Morgan fingerprint density at radius 1 is 1.33 bits per heavy atom. The highest BCUT2D eigenvalue weighted by atomic mass is 16.5. The van der Waals surface area contributed by atoms with Crippen LogP contribution in [-0.4, -0.2) is 69.6 Å². The maximum atomic E-state index is 13.0. The second-order valence-electron chi connectivity index (χ2n) is 7.39. The van der Waals surface area contributed by atoms with Crippen LogP contribution in [-0.2, 0) is 17.7 Å². The van der Waals surface area contributed by atoms with Crippen LogP contribution in [0.15, 0.2) is 18.2 Å². The summed E-state index contributed by atoms with van der Waals surface area (Å²) in [5, 5.41) is 8.60. The van der Waals surface area contributed by atoms with Gasteiger partial charge in [-0.1, -0.05) is 24.3 Å². The van der Waals surface area contributed by atoms with E-state index in [1.807, 2.05) is 23.4 Å². The van der Waals surface area contributed by atoms with Gasteiger partial charge in [-0.15, -0.1) is 5.10 Å². The van der Waals surface area contributed by atoms with Crippen molar-refractivity contribution in [3.05, 3.63) is 40.7 Å². The summed E-state index contributed by atoms with van der Waals surface area (Å²) in [6.07, 6.45) is 0.989. The molecule has 0 spiro atoms. The van der Waals surface area contributed by atoms with E-state index in [4.69, 9.17) is 4.74 Å². The molecule has 1 saturated heterocycles. The highest BCUT2D eigenvalue weighted by molar-refractivity contribution is 5.93. The summed E-state index contributed by atoms with van der Waals surface area (Å²) >= 11 is 0. The molecule has 4 rings (SSSR count). The van der Waals surface area contributed by atoms with E-state index in [9.17, 15) is 4.79 Å². The van der Waals surface area contributed by atoms with Gasteiger partial charge in [0, 0.05) is 19.6 Å². The smallest absolute Gasteiger partial charge is 0.276 e. The van der Waals surface area contributed by atoms with Crippen LogP contribution >= 0.6 is 0 Å². The Hall–Kier alpha value is -2.25. The summed E-state index contributed by atoms with van der Waals surface area (Å²) in [5.74, 6) is -0.0588. The number of carbonyl (C=O) groups excluding carboxylic acids is 1. The van der Waals surface area contributed by atoms with E-state index in [1.54, 1.807) is 0 Å². The van der Waals surface area contributed by atoms with Crippen LogP contribution in [0.3, 0.4) is 0 Å². The molecular weight excluding hydrogens is 342 g/mol. The first-order valence-corrected chi connectivity index (χ1v) is 9.74. The lowest BCUT2D eigenvalue weighted by molar-refractivity contribution is 0.00322. The standard InChI is InChI=1S/C20H27N5O2/c1-4-23-9-8-17-16(12-23)6-5-7-18(17)25-15(3)19(21-22-25)20(26)24-10-11-27-13-14(24)2/h5-7,14H,4,8-13H2,1-3H3/t14-/m0/s1. The summed E-state index contributed by atoms with van der Waals surface area (Å²) in [6, 6.07) is 6.39. The Morgan fingerprint density at radius 3 is 2.96 bits per heavy atom. The van der Waals surface area contributed by atoms with Gasteiger partial charge in [0.15, 0.2) is 5.69 Å². The number of benzene rings is 1. The average molecular weight is 369 g/mol. The molecule has 0 N–H and O–H groups in total. The lowest BCUT2D eigenvalue weighted by Crippen LogP contribution is -2.47. The molecular formula is C20H27N5O2. The van der Waals surface area contributed by atoms with Crippen molar-refractivity contribution in [2.75, 3.05) is 32.8 Å². The third-order valence-electron chi connectivity index (χ3n) is 5.72. The van der Waals surface area contributed by atoms with Gasteiger partial charge >= 0.3 is 0 Å². The summed E-state index contributed by atoms with van der Waals surface area (Å²) in [7, 11) is 0. The first kappa shape index (κ1) is 18.1. The predicted octanol–water partition coefficient (Wildman–Crippen LogP) is 1.81. The Kier molecular flexibility index (Phi) is 4.97. The minimum Gasteiger partial charge on any atom is -0.377 e. The fourth-order valence-corrected chi connectivity index (χ4v) is 4.04. The lowest BCUT2D eigenvalue weighted by atomic mass is 9.97. The van der Waals surface area contributed by atoms with Crippen molar-refractivity contribution in [3.8, 4) is 5.69 Å². The van der Waals surface area contributed by atoms with E-state index in [0.29, 0.717) is 25.5 Å². The zero-order valence-corrected chi connectivity index (χ0v) is 16.3. The molecule has 0 unspecified atom stereocenters. The molecule has 2 aromatic rings. The summed E-state index contributed by atoms with van der Waals surface area (Å²) < 4.78 is 7.28. The Bertz CT molecular complexity index is 847. The lowest BCUT2D eigenvalue weighted by Gasteiger charge is -2.32. The number of carbonyl (C=O) groups is 1. The largest absolute Gasteiger partial charge is 0.377 e. The molecule has 1 aromatic carbocycles. The second kappa shape index (κ2) is 7.40. The highest BCUT2D eigenvalue weighted by Gasteiger charge is 2.29. The van der Waals surface area contributed by atoms with Gasteiger partial charge in [-0.05, 0) is 44.0 Å². The molecule has 3 heterocycles. The minimum atomic E-state index is -0.0588. The first-order valence-electron chi connectivity index (χ1n) is 9.74. The van der Waals surface area contributed by atoms with Gasteiger partial charge in [0.2, 0.25) is 0 Å².